The number of amides is 1. The standard InChI is InChI=1S/C25H31NO4.2C2H6/c1-5-12-25(2,3)23-24(27)26-21-10-6-7-11-22(21)30-17-19-14-18(9-8-13-29-23)15-20(16-19)28-4;2*1-2/h6-11,14-16,23H,5,12-13,17H2,1-4H3,(H,26,27);2*1-2H3/b9-8-;;. The van der Waals surface area contributed by atoms with E-state index in [1.54, 1.807) is 7.11 Å². The number of anilines is 1. The van der Waals surface area contributed by atoms with Crippen molar-refractivity contribution in [1.29, 1.82) is 0 Å². The minimum Gasteiger partial charge on any atom is -0.497 e. The first kappa shape index (κ1) is 29.2. The molecule has 1 aliphatic heterocycles. The number of carbonyl (C=O) groups excluding carboxylic acids is 1. The molecule has 1 N–H and O–H groups in total. The predicted octanol–water partition coefficient (Wildman–Crippen LogP) is 7.50. The number of benzene rings is 2. The zero-order valence-electron chi connectivity index (χ0n) is 22.2. The van der Waals surface area contributed by atoms with Crippen molar-refractivity contribution in [3.63, 3.8) is 0 Å². The third-order valence-corrected chi connectivity index (χ3v) is 5.28. The summed E-state index contributed by atoms with van der Waals surface area (Å²) >= 11 is 0. The average Bonchev–Trinajstić information content (AvgIpc) is 2.85. The van der Waals surface area contributed by atoms with Crippen molar-refractivity contribution in [2.24, 2.45) is 5.41 Å². The van der Waals surface area contributed by atoms with Crippen molar-refractivity contribution in [2.45, 2.75) is 74.0 Å². The molecule has 0 aromatic heterocycles. The van der Waals surface area contributed by atoms with Crippen LogP contribution in [-0.2, 0) is 16.1 Å². The molecule has 188 valence electrons. The Kier molecular flexibility index (Phi) is 13.1. The van der Waals surface area contributed by atoms with Crippen LogP contribution in [-0.4, -0.2) is 25.7 Å². The molecule has 2 aromatic carbocycles. The highest BCUT2D eigenvalue weighted by Crippen LogP contribution is 2.32. The summed E-state index contributed by atoms with van der Waals surface area (Å²) in [7, 11) is 1.65. The summed E-state index contributed by atoms with van der Waals surface area (Å²) in [6.07, 6.45) is 5.18. The van der Waals surface area contributed by atoms with Gasteiger partial charge in [0.05, 0.1) is 19.4 Å². The van der Waals surface area contributed by atoms with E-state index in [0.717, 1.165) is 29.7 Å². The molecule has 0 saturated carbocycles. The van der Waals surface area contributed by atoms with Crippen LogP contribution in [0.1, 0.15) is 72.4 Å². The lowest BCUT2D eigenvalue weighted by Crippen LogP contribution is -2.42. The smallest absolute Gasteiger partial charge is 0.254 e. The Morgan fingerprint density at radius 2 is 1.79 bits per heavy atom. The first-order valence-electron chi connectivity index (χ1n) is 12.4. The van der Waals surface area contributed by atoms with Crippen LogP contribution < -0.4 is 14.8 Å². The molecule has 1 unspecified atom stereocenters. The Morgan fingerprint density at radius 1 is 1.09 bits per heavy atom. The van der Waals surface area contributed by atoms with Crippen LogP contribution in [0.4, 0.5) is 5.69 Å². The number of methoxy groups -OCH3 is 1. The van der Waals surface area contributed by atoms with Gasteiger partial charge in [0.25, 0.3) is 5.91 Å². The van der Waals surface area contributed by atoms with Crippen molar-refractivity contribution >= 4 is 17.7 Å². The number of para-hydroxylation sites is 2. The molecule has 1 heterocycles. The molecule has 1 atom stereocenters. The Morgan fingerprint density at radius 3 is 2.47 bits per heavy atom. The first-order chi connectivity index (χ1) is 16.4. The number of fused-ring (bicyclic) bond motifs is 3. The molecule has 2 aromatic rings. The first-order valence-corrected chi connectivity index (χ1v) is 12.4. The lowest BCUT2D eigenvalue weighted by Gasteiger charge is -2.33. The molecule has 2 bridgehead atoms. The van der Waals surface area contributed by atoms with Gasteiger partial charge >= 0.3 is 0 Å². The van der Waals surface area contributed by atoms with E-state index in [-0.39, 0.29) is 11.3 Å². The van der Waals surface area contributed by atoms with E-state index < -0.39 is 6.10 Å². The maximum atomic E-state index is 13.2. The highest BCUT2D eigenvalue weighted by molar-refractivity contribution is 5.96. The van der Waals surface area contributed by atoms with Gasteiger partial charge in [-0.05, 0) is 47.9 Å². The van der Waals surface area contributed by atoms with Crippen LogP contribution in [0.25, 0.3) is 6.08 Å². The van der Waals surface area contributed by atoms with Crippen LogP contribution in [0.15, 0.2) is 48.5 Å². The van der Waals surface area contributed by atoms with Gasteiger partial charge in [0.15, 0.2) is 0 Å². The molecule has 3 rings (SSSR count). The Labute approximate surface area is 206 Å². The summed E-state index contributed by atoms with van der Waals surface area (Å²) in [6.45, 7) is 15.0. The predicted molar refractivity (Wildman–Crippen MR) is 143 cm³/mol. The summed E-state index contributed by atoms with van der Waals surface area (Å²) in [6, 6.07) is 13.4. The maximum absolute atomic E-state index is 13.2. The third-order valence-electron chi connectivity index (χ3n) is 5.28. The normalized spacial score (nSPS) is 16.6. The quantitative estimate of drug-likeness (QED) is 0.503. The minimum absolute atomic E-state index is 0.157. The van der Waals surface area contributed by atoms with E-state index >= 15 is 0 Å². The second-order valence-electron chi connectivity index (χ2n) is 8.24. The van der Waals surface area contributed by atoms with Gasteiger partial charge in [0.2, 0.25) is 0 Å². The monoisotopic (exact) mass is 469 g/mol. The molecule has 1 aliphatic rings. The number of nitrogens with one attached hydrogen (secondary N) is 1. The lowest BCUT2D eigenvalue weighted by molar-refractivity contribution is -0.134. The fourth-order valence-electron chi connectivity index (χ4n) is 3.81. The maximum Gasteiger partial charge on any atom is 0.254 e. The Hall–Kier alpha value is -2.79. The van der Waals surface area contributed by atoms with Crippen LogP contribution in [0, 0.1) is 5.41 Å². The van der Waals surface area contributed by atoms with Crippen molar-refractivity contribution < 1.29 is 19.0 Å². The molecule has 0 saturated heterocycles. The molecule has 34 heavy (non-hydrogen) atoms. The van der Waals surface area contributed by atoms with Gasteiger partial charge in [-0.3, -0.25) is 4.79 Å². The second-order valence-corrected chi connectivity index (χ2v) is 8.24. The number of hydrogen-bond acceptors (Lipinski definition) is 4. The largest absolute Gasteiger partial charge is 0.497 e. The molecular weight excluding hydrogens is 426 g/mol. The molecule has 5 nitrogen and oxygen atoms in total. The van der Waals surface area contributed by atoms with Gasteiger partial charge < -0.3 is 19.5 Å². The van der Waals surface area contributed by atoms with Gasteiger partial charge in [-0.2, -0.15) is 0 Å². The summed E-state index contributed by atoms with van der Waals surface area (Å²) in [4.78, 5) is 13.2. The van der Waals surface area contributed by atoms with Gasteiger partial charge in [-0.1, -0.05) is 79.2 Å². The zero-order chi connectivity index (χ0) is 25.6. The van der Waals surface area contributed by atoms with E-state index in [2.05, 4.69) is 32.2 Å². The number of hydrogen-bond donors (Lipinski definition) is 1. The minimum atomic E-state index is -0.584. The molecule has 0 radical (unpaired) electrons. The SMILES string of the molecule is CC.CC.CCCC(C)(C)C1OC/C=C\c2cc(cc(OC)c2)COc2ccccc2NC1=O. The summed E-state index contributed by atoms with van der Waals surface area (Å²) in [5.41, 5.74) is 2.31. The second kappa shape index (κ2) is 15.2. The Balaban J connectivity index is 0.00000137. The summed E-state index contributed by atoms with van der Waals surface area (Å²) < 4.78 is 17.6. The van der Waals surface area contributed by atoms with Crippen LogP contribution in [0.2, 0.25) is 0 Å². The third kappa shape index (κ3) is 8.53. The van der Waals surface area contributed by atoms with Crippen LogP contribution in [0.3, 0.4) is 0 Å². The zero-order valence-corrected chi connectivity index (χ0v) is 22.2. The van der Waals surface area contributed by atoms with E-state index in [0.29, 0.717) is 24.7 Å². The number of rotatable bonds is 4. The summed E-state index contributed by atoms with van der Waals surface area (Å²) in [5, 5.41) is 3.02. The fraction of sp³-hybridized carbons (Fsp3) is 0.483. The van der Waals surface area contributed by atoms with Crippen molar-refractivity contribution in [3.8, 4) is 11.5 Å². The van der Waals surface area contributed by atoms with E-state index in [1.807, 2.05) is 76.2 Å². The van der Waals surface area contributed by atoms with Gasteiger partial charge in [-0.15, -0.1) is 0 Å². The number of carbonyl (C=O) groups is 1. The van der Waals surface area contributed by atoms with Crippen LogP contribution in [0.5, 0.6) is 11.5 Å². The highest BCUT2D eigenvalue weighted by atomic mass is 16.5. The van der Waals surface area contributed by atoms with E-state index in [1.165, 1.54) is 0 Å². The lowest BCUT2D eigenvalue weighted by atomic mass is 9.81. The number of ether oxygens (including phenoxy) is 3. The fourth-order valence-corrected chi connectivity index (χ4v) is 3.81. The van der Waals surface area contributed by atoms with E-state index in [9.17, 15) is 4.79 Å². The highest BCUT2D eigenvalue weighted by Gasteiger charge is 2.35. The van der Waals surface area contributed by atoms with Crippen molar-refractivity contribution in [3.05, 3.63) is 59.7 Å². The average molecular weight is 470 g/mol. The molecule has 1 amide bonds. The topological polar surface area (TPSA) is 56.8 Å². The molecular formula is C29H43NO4. The van der Waals surface area contributed by atoms with Crippen LogP contribution >= 0.6 is 0 Å². The van der Waals surface area contributed by atoms with E-state index in [4.69, 9.17) is 14.2 Å². The molecule has 0 fully saturated rings. The molecule has 0 spiro atoms. The van der Waals surface area contributed by atoms with Gasteiger partial charge in [-0.25, -0.2) is 0 Å². The van der Waals surface area contributed by atoms with Gasteiger partial charge in [0, 0.05) is 5.41 Å². The summed E-state index contributed by atoms with van der Waals surface area (Å²) in [5.74, 6) is 1.23. The Bertz CT molecular complexity index is 905. The molecule has 0 aliphatic carbocycles. The molecule has 5 heteroatoms. The van der Waals surface area contributed by atoms with Crippen molar-refractivity contribution in [1.82, 2.24) is 0 Å². The van der Waals surface area contributed by atoms with Gasteiger partial charge in [0.1, 0.15) is 24.2 Å². The van der Waals surface area contributed by atoms with Crippen molar-refractivity contribution in [2.75, 3.05) is 19.0 Å².